The van der Waals surface area contributed by atoms with Gasteiger partial charge in [0.15, 0.2) is 0 Å². The van der Waals surface area contributed by atoms with Crippen LogP contribution in [0.1, 0.15) is 12.8 Å². The van der Waals surface area contributed by atoms with E-state index >= 15 is 0 Å². The lowest BCUT2D eigenvalue weighted by Crippen LogP contribution is -2.08. The van der Waals surface area contributed by atoms with Crippen molar-refractivity contribution >= 4 is 11.4 Å². The highest BCUT2D eigenvalue weighted by atomic mass is 19.1. The molecule has 118 valence electrons. The topological polar surface area (TPSA) is 73.6 Å². The van der Waals surface area contributed by atoms with Gasteiger partial charge in [-0.05, 0) is 12.8 Å². The van der Waals surface area contributed by atoms with Crippen LogP contribution in [0.3, 0.4) is 0 Å². The number of halogens is 2. The lowest BCUT2D eigenvalue weighted by molar-refractivity contribution is -0.386. The van der Waals surface area contributed by atoms with Crippen LogP contribution in [0.2, 0.25) is 0 Å². The zero-order valence-corrected chi connectivity index (χ0v) is 11.7. The van der Waals surface area contributed by atoms with Gasteiger partial charge >= 0.3 is 5.69 Å². The number of anilines is 1. The first-order valence-corrected chi connectivity index (χ1v) is 6.50. The Morgan fingerprint density at radius 2 is 2.00 bits per heavy atom. The number of nitrogens with one attached hydrogen (secondary N) is 1. The van der Waals surface area contributed by atoms with Gasteiger partial charge in [-0.1, -0.05) is 0 Å². The Morgan fingerprint density at radius 3 is 2.67 bits per heavy atom. The molecule has 1 aromatic carbocycles. The lowest BCUT2D eigenvalue weighted by Gasteiger charge is -2.08. The van der Waals surface area contributed by atoms with Crippen molar-refractivity contribution in [2.75, 3.05) is 38.8 Å². The van der Waals surface area contributed by atoms with Gasteiger partial charge in [0.25, 0.3) is 0 Å². The highest BCUT2D eigenvalue weighted by Gasteiger charge is 2.21. The summed E-state index contributed by atoms with van der Waals surface area (Å²) in [4.78, 5) is 9.89. The fourth-order valence-corrected chi connectivity index (χ4v) is 1.68. The molecule has 0 spiro atoms. The number of unbranched alkanes of at least 4 members (excludes halogenated alkanes) is 1. The molecule has 0 saturated carbocycles. The molecule has 0 saturated heterocycles. The maximum Gasteiger partial charge on any atom is 0.327 e. The Labute approximate surface area is 121 Å². The minimum absolute atomic E-state index is 0.155. The van der Waals surface area contributed by atoms with Gasteiger partial charge in [0, 0.05) is 32.4 Å². The Hall–Kier alpha value is -1.80. The highest BCUT2D eigenvalue weighted by molar-refractivity contribution is 5.62. The van der Waals surface area contributed by atoms with E-state index in [1.54, 1.807) is 7.11 Å². The van der Waals surface area contributed by atoms with Crippen LogP contribution in [0.25, 0.3) is 0 Å². The second kappa shape index (κ2) is 9.19. The lowest BCUT2D eigenvalue weighted by atomic mass is 10.2. The molecule has 21 heavy (non-hydrogen) atoms. The predicted molar refractivity (Wildman–Crippen MR) is 73.4 cm³/mol. The Morgan fingerprint density at radius 1 is 1.24 bits per heavy atom. The fourth-order valence-electron chi connectivity index (χ4n) is 1.68. The van der Waals surface area contributed by atoms with Crippen LogP contribution in [0, 0.1) is 21.7 Å². The third-order valence-electron chi connectivity index (χ3n) is 2.67. The third kappa shape index (κ3) is 6.01. The summed E-state index contributed by atoms with van der Waals surface area (Å²) < 4.78 is 36.5. The maximum atomic E-state index is 13.4. The van der Waals surface area contributed by atoms with E-state index in [1.165, 1.54) is 0 Å². The molecule has 1 rings (SSSR count). The summed E-state index contributed by atoms with van der Waals surface area (Å²) in [5, 5.41) is 13.4. The molecular formula is C13H18F2N2O4. The molecule has 0 fully saturated rings. The van der Waals surface area contributed by atoms with Crippen molar-refractivity contribution in [3.63, 3.8) is 0 Å². The van der Waals surface area contributed by atoms with Crippen LogP contribution in [-0.4, -0.2) is 38.4 Å². The molecule has 6 nitrogen and oxygen atoms in total. The van der Waals surface area contributed by atoms with E-state index in [2.05, 4.69) is 5.32 Å². The van der Waals surface area contributed by atoms with Crippen LogP contribution in [0.15, 0.2) is 12.1 Å². The van der Waals surface area contributed by atoms with Crippen molar-refractivity contribution in [1.29, 1.82) is 0 Å². The number of ether oxygens (including phenoxy) is 2. The predicted octanol–water partition coefficient (Wildman–Crippen LogP) is 2.73. The number of nitro benzene ring substituents is 1. The minimum Gasteiger partial charge on any atom is -0.382 e. The standard InChI is InChI=1S/C13H18F2N2O4/c1-20-6-7-21-5-3-2-4-16-12-9-10(14)8-11(15)13(12)17(18)19/h8-9,16H,2-7H2,1H3. The van der Waals surface area contributed by atoms with Gasteiger partial charge < -0.3 is 14.8 Å². The van der Waals surface area contributed by atoms with E-state index in [-0.39, 0.29) is 5.69 Å². The second-order valence-corrected chi connectivity index (χ2v) is 4.28. The maximum absolute atomic E-state index is 13.4. The van der Waals surface area contributed by atoms with Crippen LogP contribution in [0.4, 0.5) is 20.2 Å². The van der Waals surface area contributed by atoms with Crippen molar-refractivity contribution in [2.24, 2.45) is 0 Å². The average Bonchev–Trinajstić information content (AvgIpc) is 2.40. The van der Waals surface area contributed by atoms with Crippen LogP contribution < -0.4 is 5.32 Å². The van der Waals surface area contributed by atoms with Crippen molar-refractivity contribution in [1.82, 2.24) is 0 Å². The zero-order chi connectivity index (χ0) is 15.7. The molecule has 0 aliphatic carbocycles. The molecule has 0 heterocycles. The van der Waals surface area contributed by atoms with Gasteiger partial charge in [-0.3, -0.25) is 10.1 Å². The van der Waals surface area contributed by atoms with Gasteiger partial charge in [-0.2, -0.15) is 4.39 Å². The van der Waals surface area contributed by atoms with E-state index in [4.69, 9.17) is 9.47 Å². The van der Waals surface area contributed by atoms with Gasteiger partial charge in [0.2, 0.25) is 5.82 Å². The van der Waals surface area contributed by atoms with Gasteiger partial charge in [-0.15, -0.1) is 0 Å². The molecule has 0 unspecified atom stereocenters. The number of hydrogen-bond donors (Lipinski definition) is 1. The number of rotatable bonds is 10. The molecule has 0 bridgehead atoms. The van der Waals surface area contributed by atoms with E-state index in [9.17, 15) is 18.9 Å². The Bertz CT molecular complexity index is 472. The van der Waals surface area contributed by atoms with E-state index in [0.29, 0.717) is 38.9 Å². The summed E-state index contributed by atoms with van der Waals surface area (Å²) in [5.74, 6) is -2.05. The fraction of sp³-hybridized carbons (Fsp3) is 0.538. The molecule has 0 atom stereocenters. The van der Waals surface area contributed by atoms with Crippen molar-refractivity contribution in [2.45, 2.75) is 12.8 Å². The molecule has 8 heteroatoms. The van der Waals surface area contributed by atoms with Gasteiger partial charge in [-0.25, -0.2) is 4.39 Å². The smallest absolute Gasteiger partial charge is 0.327 e. The number of benzene rings is 1. The molecule has 0 radical (unpaired) electrons. The first-order valence-electron chi connectivity index (χ1n) is 6.50. The summed E-state index contributed by atoms with van der Waals surface area (Å²) in [6, 6.07) is 1.41. The summed E-state index contributed by atoms with van der Waals surface area (Å²) in [5.41, 5.74) is -0.898. The first kappa shape index (κ1) is 17.3. The van der Waals surface area contributed by atoms with Crippen molar-refractivity contribution < 1.29 is 23.2 Å². The van der Waals surface area contributed by atoms with Gasteiger partial charge in [0.1, 0.15) is 11.5 Å². The summed E-state index contributed by atoms with van der Waals surface area (Å²) in [6.07, 6.45) is 1.38. The SMILES string of the molecule is COCCOCCCCNc1cc(F)cc(F)c1[N+](=O)[O-]. The normalized spacial score (nSPS) is 10.6. The number of hydrogen-bond acceptors (Lipinski definition) is 5. The molecular weight excluding hydrogens is 286 g/mol. The average molecular weight is 304 g/mol. The van der Waals surface area contributed by atoms with E-state index in [1.807, 2.05) is 0 Å². The van der Waals surface area contributed by atoms with Crippen LogP contribution in [0.5, 0.6) is 0 Å². The van der Waals surface area contributed by atoms with Crippen molar-refractivity contribution in [3.8, 4) is 0 Å². The highest BCUT2D eigenvalue weighted by Crippen LogP contribution is 2.28. The summed E-state index contributed by atoms with van der Waals surface area (Å²) in [7, 11) is 1.58. The van der Waals surface area contributed by atoms with Crippen molar-refractivity contribution in [3.05, 3.63) is 33.9 Å². The molecule has 1 aromatic rings. The summed E-state index contributed by atoms with van der Waals surface area (Å²) >= 11 is 0. The van der Waals surface area contributed by atoms with Crippen LogP contribution >= 0.6 is 0 Å². The number of nitro groups is 1. The molecule has 0 aliphatic heterocycles. The zero-order valence-electron chi connectivity index (χ0n) is 11.7. The number of methoxy groups -OCH3 is 1. The molecule has 0 aromatic heterocycles. The molecule has 0 aliphatic rings. The Balaban J connectivity index is 2.40. The quantitative estimate of drug-likeness (QED) is 0.409. The monoisotopic (exact) mass is 304 g/mol. The van der Waals surface area contributed by atoms with Gasteiger partial charge in [0.05, 0.1) is 18.1 Å². The number of nitrogens with zero attached hydrogens (tertiary/aromatic N) is 1. The first-order chi connectivity index (χ1) is 10.1. The summed E-state index contributed by atoms with van der Waals surface area (Å²) in [6.45, 7) is 1.92. The Kier molecular flexibility index (Phi) is 7.55. The second-order valence-electron chi connectivity index (χ2n) is 4.28. The molecule has 0 amide bonds. The molecule has 1 N–H and O–H groups in total. The van der Waals surface area contributed by atoms with E-state index < -0.39 is 22.2 Å². The van der Waals surface area contributed by atoms with Crippen LogP contribution in [-0.2, 0) is 9.47 Å². The largest absolute Gasteiger partial charge is 0.382 e. The minimum atomic E-state index is -1.19. The van der Waals surface area contributed by atoms with E-state index in [0.717, 1.165) is 12.5 Å². The third-order valence-corrected chi connectivity index (χ3v) is 2.67.